The number of rotatable bonds is 12. The molecule has 14 rings (SSSR count). The Morgan fingerprint density at radius 2 is 0.513 bits per heavy atom. The number of benzene rings is 9. The molecule has 0 amide bonds. The van der Waals surface area contributed by atoms with Gasteiger partial charge in [-0.05, 0) is 131 Å². The normalized spacial score (nSPS) is 11.3. The molecule has 0 fully saturated rings. The first kappa shape index (κ1) is 45.9. The lowest BCUT2D eigenvalue weighted by Gasteiger charge is -2.26. The van der Waals surface area contributed by atoms with Crippen LogP contribution < -0.4 is 9.80 Å². The summed E-state index contributed by atoms with van der Waals surface area (Å²) in [6.07, 6.45) is 8.20. The third kappa shape index (κ3) is 8.89. The van der Waals surface area contributed by atoms with E-state index in [0.717, 1.165) is 124 Å². The Labute approximate surface area is 451 Å². The highest BCUT2D eigenvalue weighted by Gasteiger charge is 2.19. The number of anilines is 6. The van der Waals surface area contributed by atoms with E-state index in [0.29, 0.717) is 0 Å². The van der Waals surface area contributed by atoms with E-state index in [1.54, 1.807) is 0 Å². The van der Waals surface area contributed by atoms with Gasteiger partial charge in [-0.2, -0.15) is 0 Å². The van der Waals surface area contributed by atoms with Crippen molar-refractivity contribution in [2.75, 3.05) is 9.80 Å². The number of imidazole rings is 2. The predicted molar refractivity (Wildman–Crippen MR) is 319 cm³/mol. The molecule has 9 aromatic carbocycles. The van der Waals surface area contributed by atoms with E-state index >= 15 is 0 Å². The first-order chi connectivity index (χ1) is 38.6. The smallest absolute Gasteiger partial charge is 0.137 e. The van der Waals surface area contributed by atoms with Gasteiger partial charge in [-0.15, -0.1) is 0 Å². The van der Waals surface area contributed by atoms with Crippen molar-refractivity contribution in [3.8, 4) is 67.3 Å². The number of para-hydroxylation sites is 4. The topological polar surface area (TPSA) is 66.9 Å². The maximum Gasteiger partial charge on any atom is 0.137 e. The fourth-order valence-electron chi connectivity index (χ4n) is 10.4. The molecule has 0 aliphatic rings. The van der Waals surface area contributed by atoms with E-state index in [1.165, 1.54) is 0 Å². The number of nitrogens with zero attached hydrogens (tertiary/aromatic N) is 8. The van der Waals surface area contributed by atoms with Crippen molar-refractivity contribution in [3.05, 3.63) is 292 Å². The molecule has 0 radical (unpaired) electrons. The molecule has 78 heavy (non-hydrogen) atoms. The molecule has 8 nitrogen and oxygen atoms in total. The first-order valence-electron chi connectivity index (χ1n) is 26.1. The third-order valence-electron chi connectivity index (χ3n) is 14.4. The summed E-state index contributed by atoms with van der Waals surface area (Å²) in [5.74, 6) is 0. The molecule has 0 unspecified atom stereocenters. The number of aromatic nitrogens is 6. The Kier molecular flexibility index (Phi) is 11.7. The Morgan fingerprint density at radius 1 is 0.231 bits per heavy atom. The van der Waals surface area contributed by atoms with Gasteiger partial charge in [0, 0.05) is 81.2 Å². The van der Waals surface area contributed by atoms with E-state index in [-0.39, 0.29) is 0 Å². The molecule has 0 spiro atoms. The Hall–Kier alpha value is -10.7. The highest BCUT2D eigenvalue weighted by Crippen LogP contribution is 2.41. The molecule has 0 N–H and O–H groups in total. The Morgan fingerprint density at radius 3 is 0.859 bits per heavy atom. The van der Waals surface area contributed by atoms with Crippen LogP contribution in [0.3, 0.4) is 0 Å². The lowest BCUT2D eigenvalue weighted by molar-refractivity contribution is 1.19. The molecule has 0 saturated carbocycles. The van der Waals surface area contributed by atoms with E-state index in [4.69, 9.17) is 19.9 Å². The summed E-state index contributed by atoms with van der Waals surface area (Å²) in [5.41, 5.74) is 22.1. The summed E-state index contributed by atoms with van der Waals surface area (Å²) in [6.45, 7) is 0. The van der Waals surface area contributed by atoms with Gasteiger partial charge in [0.1, 0.15) is 11.3 Å². The number of fused-ring (bicyclic) bond motifs is 3. The van der Waals surface area contributed by atoms with Crippen molar-refractivity contribution in [2.45, 2.75) is 0 Å². The van der Waals surface area contributed by atoms with E-state index < -0.39 is 0 Å². The van der Waals surface area contributed by atoms with Crippen molar-refractivity contribution in [1.82, 2.24) is 28.7 Å². The SMILES string of the molecule is c1ccc(N(c2ccc(-c3ccc(-c4cn5ccccc5n4)cc3)cc2)c2ccc(-c3nc4ccccc4nc3-c3ccc(N(c4ccccc4)c4ccc(-c5ccc(-c6cn7ccccc7n6)cc5)cc4)cc3)cc2)cc1. The molecular formula is C70H48N8. The first-order valence-corrected chi connectivity index (χ1v) is 26.1. The van der Waals surface area contributed by atoms with Crippen molar-refractivity contribution >= 4 is 56.5 Å². The van der Waals surface area contributed by atoms with Crippen LogP contribution >= 0.6 is 0 Å². The fraction of sp³-hybridized carbons (Fsp3) is 0. The highest BCUT2D eigenvalue weighted by atomic mass is 15.1. The van der Waals surface area contributed by atoms with E-state index in [2.05, 4.69) is 237 Å². The molecule has 5 heterocycles. The van der Waals surface area contributed by atoms with Gasteiger partial charge in [-0.25, -0.2) is 19.9 Å². The quantitative estimate of drug-likeness (QED) is 0.121. The lowest BCUT2D eigenvalue weighted by Crippen LogP contribution is -2.10. The zero-order valence-corrected chi connectivity index (χ0v) is 42.3. The van der Waals surface area contributed by atoms with Crippen LogP contribution in [0.25, 0.3) is 89.6 Å². The lowest BCUT2D eigenvalue weighted by atomic mass is 10.0. The second-order valence-corrected chi connectivity index (χ2v) is 19.3. The summed E-state index contributed by atoms with van der Waals surface area (Å²) in [4.78, 5) is 24.8. The maximum atomic E-state index is 5.30. The van der Waals surface area contributed by atoms with E-state index in [1.807, 2.05) is 73.1 Å². The van der Waals surface area contributed by atoms with Gasteiger partial charge in [-0.1, -0.05) is 158 Å². The molecule has 0 atom stereocenters. The van der Waals surface area contributed by atoms with Crippen LogP contribution in [0.2, 0.25) is 0 Å². The molecule has 0 aliphatic carbocycles. The average molecular weight is 1000 g/mol. The van der Waals surface area contributed by atoms with Crippen molar-refractivity contribution in [3.63, 3.8) is 0 Å². The second kappa shape index (κ2) is 19.9. The number of hydrogen-bond donors (Lipinski definition) is 0. The standard InChI is InChI=1S/C70H48N8/c1-3-13-57(14-4-1)77(59-37-29-51(30-38-59)49-21-25-53(26-22-49)65-47-75-45-11-9-19-67(75)71-65)61-41-33-55(34-42-61)69-70(74-64-18-8-7-17-63(64)73-69)56-35-43-62(44-36-56)78(58-15-5-2-6-16-58)60-39-31-52(32-40-60)50-23-27-54(28-24-50)66-48-76-46-12-10-20-68(76)72-66/h1-48H. The molecular weight excluding hydrogens is 953 g/mol. The van der Waals surface area contributed by atoms with E-state index in [9.17, 15) is 0 Å². The fourth-order valence-corrected chi connectivity index (χ4v) is 10.4. The summed E-state index contributed by atoms with van der Waals surface area (Å²) in [7, 11) is 0. The van der Waals surface area contributed by atoms with Crippen LogP contribution in [0.4, 0.5) is 34.1 Å². The van der Waals surface area contributed by atoms with Crippen LogP contribution in [0.5, 0.6) is 0 Å². The second-order valence-electron chi connectivity index (χ2n) is 19.3. The van der Waals surface area contributed by atoms with Crippen molar-refractivity contribution < 1.29 is 0 Å². The summed E-state index contributed by atoms with van der Waals surface area (Å²) >= 11 is 0. The largest absolute Gasteiger partial charge is 0.311 e. The van der Waals surface area contributed by atoms with Gasteiger partial charge in [0.15, 0.2) is 0 Å². The predicted octanol–water partition coefficient (Wildman–Crippen LogP) is 17.9. The molecule has 0 saturated heterocycles. The van der Waals surface area contributed by atoms with Crippen LogP contribution in [-0.2, 0) is 0 Å². The van der Waals surface area contributed by atoms with Crippen molar-refractivity contribution in [1.29, 1.82) is 0 Å². The Bertz CT molecular complexity index is 4030. The van der Waals surface area contributed by atoms with Gasteiger partial charge >= 0.3 is 0 Å². The van der Waals surface area contributed by atoms with Crippen LogP contribution in [0.1, 0.15) is 0 Å². The summed E-state index contributed by atoms with van der Waals surface area (Å²) < 4.78 is 4.10. The molecule has 5 aromatic heterocycles. The van der Waals surface area contributed by atoms with Gasteiger partial charge < -0.3 is 18.6 Å². The third-order valence-corrected chi connectivity index (χ3v) is 14.4. The van der Waals surface area contributed by atoms with Crippen LogP contribution in [0.15, 0.2) is 292 Å². The summed E-state index contributed by atoms with van der Waals surface area (Å²) in [5, 5.41) is 0. The van der Waals surface area contributed by atoms with Gasteiger partial charge in [-0.3, -0.25) is 0 Å². The minimum atomic E-state index is 0.817. The van der Waals surface area contributed by atoms with Crippen LogP contribution in [0, 0.1) is 0 Å². The molecule has 0 bridgehead atoms. The zero-order chi connectivity index (χ0) is 51.8. The molecule has 14 aromatic rings. The van der Waals surface area contributed by atoms with Crippen LogP contribution in [-0.4, -0.2) is 28.7 Å². The maximum absolute atomic E-state index is 5.30. The minimum Gasteiger partial charge on any atom is -0.311 e. The number of pyridine rings is 2. The minimum absolute atomic E-state index is 0.817. The average Bonchev–Trinajstić information content (AvgIpc) is 4.24. The monoisotopic (exact) mass is 1000 g/mol. The highest BCUT2D eigenvalue weighted by molar-refractivity contribution is 5.89. The van der Waals surface area contributed by atoms with Crippen molar-refractivity contribution in [2.24, 2.45) is 0 Å². The molecule has 8 heteroatoms. The van der Waals surface area contributed by atoms with Gasteiger partial charge in [0.05, 0.1) is 33.8 Å². The zero-order valence-electron chi connectivity index (χ0n) is 42.3. The molecule has 368 valence electrons. The van der Waals surface area contributed by atoms with Gasteiger partial charge in [0.25, 0.3) is 0 Å². The van der Waals surface area contributed by atoms with Gasteiger partial charge in [0.2, 0.25) is 0 Å². The molecule has 0 aliphatic heterocycles. The number of hydrogen-bond acceptors (Lipinski definition) is 6. The summed E-state index contributed by atoms with van der Waals surface area (Å²) in [6, 6.07) is 93.5. The Balaban J connectivity index is 0.749.